The van der Waals surface area contributed by atoms with E-state index in [1.807, 2.05) is 48.5 Å². The number of pyridine rings is 1. The fourth-order valence-corrected chi connectivity index (χ4v) is 4.17. The SMILES string of the molecule is COc1ncc(F)cc1CC[C@H](NC(=O)OCC1c2ccccc2-c2ccccc21)C(=O)O. The summed E-state index contributed by atoms with van der Waals surface area (Å²) in [6.07, 6.45) is 0.357. The van der Waals surface area contributed by atoms with E-state index in [2.05, 4.69) is 10.3 Å². The van der Waals surface area contributed by atoms with Gasteiger partial charge in [-0.1, -0.05) is 48.5 Å². The number of rotatable bonds is 8. The lowest BCUT2D eigenvalue weighted by Crippen LogP contribution is -2.41. The average molecular weight is 450 g/mol. The normalized spacial score (nSPS) is 13.0. The summed E-state index contributed by atoms with van der Waals surface area (Å²) in [6, 6.07) is 15.9. The first-order chi connectivity index (χ1) is 16.0. The van der Waals surface area contributed by atoms with Gasteiger partial charge in [-0.25, -0.2) is 19.0 Å². The second kappa shape index (κ2) is 9.68. The number of ether oxygens (including phenoxy) is 2. The number of hydrogen-bond acceptors (Lipinski definition) is 5. The Morgan fingerprint density at radius 2 is 1.76 bits per heavy atom. The molecule has 0 unspecified atom stereocenters. The van der Waals surface area contributed by atoms with Gasteiger partial charge in [0, 0.05) is 11.5 Å². The number of aromatic nitrogens is 1. The number of aliphatic carboxylic acids is 1. The smallest absolute Gasteiger partial charge is 0.407 e. The van der Waals surface area contributed by atoms with E-state index in [4.69, 9.17) is 9.47 Å². The van der Waals surface area contributed by atoms with Crippen molar-refractivity contribution in [2.24, 2.45) is 0 Å². The lowest BCUT2D eigenvalue weighted by atomic mass is 9.98. The molecule has 33 heavy (non-hydrogen) atoms. The minimum absolute atomic E-state index is 0.0149. The number of fused-ring (bicyclic) bond motifs is 3. The maximum absolute atomic E-state index is 13.5. The fourth-order valence-electron chi connectivity index (χ4n) is 4.17. The largest absolute Gasteiger partial charge is 0.481 e. The molecular weight excluding hydrogens is 427 g/mol. The summed E-state index contributed by atoms with van der Waals surface area (Å²) in [6.45, 7) is 0.0772. The maximum atomic E-state index is 13.5. The van der Waals surface area contributed by atoms with E-state index < -0.39 is 23.9 Å². The van der Waals surface area contributed by atoms with Crippen LogP contribution in [-0.2, 0) is 16.0 Å². The lowest BCUT2D eigenvalue weighted by molar-refractivity contribution is -0.139. The van der Waals surface area contributed by atoms with Crippen LogP contribution in [-0.4, -0.2) is 41.9 Å². The van der Waals surface area contributed by atoms with Crippen LogP contribution in [0.4, 0.5) is 9.18 Å². The molecule has 0 fully saturated rings. The molecule has 1 aromatic heterocycles. The topological polar surface area (TPSA) is 97.8 Å². The van der Waals surface area contributed by atoms with Gasteiger partial charge >= 0.3 is 12.1 Å². The lowest BCUT2D eigenvalue weighted by Gasteiger charge is -2.18. The quantitative estimate of drug-likeness (QED) is 0.535. The molecule has 0 bridgehead atoms. The van der Waals surface area contributed by atoms with Gasteiger partial charge in [0.1, 0.15) is 18.5 Å². The molecule has 0 spiro atoms. The average Bonchev–Trinajstić information content (AvgIpc) is 3.14. The number of methoxy groups -OCH3 is 1. The Morgan fingerprint density at radius 3 is 2.36 bits per heavy atom. The molecule has 2 N–H and O–H groups in total. The number of carboxylic acid groups (broad SMARTS) is 1. The number of halogens is 1. The maximum Gasteiger partial charge on any atom is 0.407 e. The number of alkyl carbamates (subject to hydrolysis) is 1. The molecule has 3 aromatic rings. The predicted octanol–water partition coefficient (Wildman–Crippen LogP) is 4.15. The van der Waals surface area contributed by atoms with E-state index >= 15 is 0 Å². The van der Waals surface area contributed by atoms with Crippen LogP contribution in [0.2, 0.25) is 0 Å². The summed E-state index contributed by atoms with van der Waals surface area (Å²) in [5.74, 6) is -1.69. The van der Waals surface area contributed by atoms with Crippen LogP contribution >= 0.6 is 0 Å². The van der Waals surface area contributed by atoms with Gasteiger partial charge in [-0.3, -0.25) is 0 Å². The van der Waals surface area contributed by atoms with Gasteiger partial charge in [-0.2, -0.15) is 0 Å². The van der Waals surface area contributed by atoms with Crippen molar-refractivity contribution in [3.8, 4) is 17.0 Å². The van der Waals surface area contributed by atoms with Crippen LogP contribution in [0.15, 0.2) is 60.8 Å². The zero-order chi connectivity index (χ0) is 23.4. The molecule has 1 aliphatic rings. The molecule has 8 heteroatoms. The highest BCUT2D eigenvalue weighted by molar-refractivity contribution is 5.81. The fraction of sp³-hybridized carbons (Fsp3) is 0.240. The van der Waals surface area contributed by atoms with E-state index in [-0.39, 0.29) is 31.2 Å². The zero-order valence-electron chi connectivity index (χ0n) is 18.0. The van der Waals surface area contributed by atoms with Crippen LogP contribution in [0.25, 0.3) is 11.1 Å². The molecule has 1 aliphatic carbocycles. The van der Waals surface area contributed by atoms with Gasteiger partial charge < -0.3 is 19.9 Å². The predicted molar refractivity (Wildman–Crippen MR) is 119 cm³/mol. The van der Waals surface area contributed by atoms with Gasteiger partial charge in [0.05, 0.1) is 13.3 Å². The van der Waals surface area contributed by atoms with Crippen molar-refractivity contribution >= 4 is 12.1 Å². The molecule has 0 radical (unpaired) electrons. The summed E-state index contributed by atoms with van der Waals surface area (Å²) in [7, 11) is 1.40. The molecule has 0 aliphatic heterocycles. The Balaban J connectivity index is 1.39. The highest BCUT2D eigenvalue weighted by Gasteiger charge is 2.29. The Bertz CT molecular complexity index is 1140. The number of carbonyl (C=O) groups is 2. The van der Waals surface area contributed by atoms with E-state index in [1.54, 1.807) is 0 Å². The van der Waals surface area contributed by atoms with E-state index in [1.165, 1.54) is 13.2 Å². The molecule has 0 saturated carbocycles. The third-order valence-electron chi connectivity index (χ3n) is 5.72. The molecule has 1 atom stereocenters. The Kier molecular flexibility index (Phi) is 6.53. The van der Waals surface area contributed by atoms with Crippen molar-refractivity contribution < 1.29 is 28.6 Å². The summed E-state index contributed by atoms with van der Waals surface area (Å²) in [4.78, 5) is 27.9. The van der Waals surface area contributed by atoms with Crippen molar-refractivity contribution in [3.05, 3.63) is 83.3 Å². The third-order valence-corrected chi connectivity index (χ3v) is 5.72. The molecule has 1 heterocycles. The number of hydrogen-bond donors (Lipinski definition) is 2. The van der Waals surface area contributed by atoms with Crippen LogP contribution in [0.5, 0.6) is 5.88 Å². The van der Waals surface area contributed by atoms with Crippen molar-refractivity contribution in [1.29, 1.82) is 0 Å². The number of benzene rings is 2. The minimum atomic E-state index is -1.22. The molecule has 1 amide bonds. The first kappa shape index (κ1) is 22.3. The van der Waals surface area contributed by atoms with Gasteiger partial charge in [0.2, 0.25) is 5.88 Å². The van der Waals surface area contributed by atoms with Crippen LogP contribution in [0.3, 0.4) is 0 Å². The van der Waals surface area contributed by atoms with Crippen LogP contribution in [0, 0.1) is 5.82 Å². The summed E-state index contributed by atoms with van der Waals surface area (Å²) in [5.41, 5.74) is 4.74. The summed E-state index contributed by atoms with van der Waals surface area (Å²) < 4.78 is 24.0. The standard InChI is InChI=1S/C25H23FN2O5/c1-32-23-15(12-16(26)13-27-23)10-11-22(24(29)30)28-25(31)33-14-21-19-8-4-2-6-17(19)18-7-3-5-9-20(18)21/h2-9,12-13,21-22H,10-11,14H2,1H3,(H,28,31)(H,29,30)/t22-/m0/s1. The molecule has 2 aromatic carbocycles. The number of nitrogens with zero attached hydrogens (tertiary/aromatic N) is 1. The van der Waals surface area contributed by atoms with Gasteiger partial charge in [-0.05, 0) is 41.2 Å². The summed E-state index contributed by atoms with van der Waals surface area (Å²) >= 11 is 0. The molecule has 7 nitrogen and oxygen atoms in total. The highest BCUT2D eigenvalue weighted by Crippen LogP contribution is 2.44. The van der Waals surface area contributed by atoms with Crippen LogP contribution in [0.1, 0.15) is 29.0 Å². The van der Waals surface area contributed by atoms with Crippen molar-refractivity contribution in [3.63, 3.8) is 0 Å². The van der Waals surface area contributed by atoms with E-state index in [0.717, 1.165) is 28.5 Å². The number of carbonyl (C=O) groups excluding carboxylic acids is 1. The third kappa shape index (κ3) is 4.79. The van der Waals surface area contributed by atoms with Crippen molar-refractivity contribution in [2.45, 2.75) is 24.8 Å². The number of nitrogens with one attached hydrogen (secondary N) is 1. The van der Waals surface area contributed by atoms with E-state index in [0.29, 0.717) is 5.56 Å². The summed E-state index contributed by atoms with van der Waals surface area (Å²) in [5, 5.41) is 11.9. The minimum Gasteiger partial charge on any atom is -0.481 e. The Morgan fingerprint density at radius 1 is 1.12 bits per heavy atom. The number of aryl methyl sites for hydroxylation is 1. The first-order valence-electron chi connectivity index (χ1n) is 10.5. The van der Waals surface area contributed by atoms with Gasteiger partial charge in [0.25, 0.3) is 0 Å². The number of carboxylic acids is 1. The van der Waals surface area contributed by atoms with Crippen molar-refractivity contribution in [1.82, 2.24) is 10.3 Å². The van der Waals surface area contributed by atoms with Gasteiger partial charge in [-0.15, -0.1) is 0 Å². The first-order valence-corrected chi connectivity index (χ1v) is 10.5. The molecule has 170 valence electrons. The van der Waals surface area contributed by atoms with Crippen LogP contribution < -0.4 is 10.1 Å². The van der Waals surface area contributed by atoms with E-state index in [9.17, 15) is 19.1 Å². The number of amides is 1. The Labute approximate surface area is 190 Å². The zero-order valence-corrected chi connectivity index (χ0v) is 18.0. The monoisotopic (exact) mass is 450 g/mol. The van der Waals surface area contributed by atoms with Gasteiger partial charge in [0.15, 0.2) is 0 Å². The highest BCUT2D eigenvalue weighted by atomic mass is 19.1. The van der Waals surface area contributed by atoms with Crippen molar-refractivity contribution in [2.75, 3.05) is 13.7 Å². The second-order valence-corrected chi connectivity index (χ2v) is 7.72. The molecular formula is C25H23FN2O5. The molecule has 0 saturated heterocycles. The Hall–Kier alpha value is -3.94. The molecule has 4 rings (SSSR count). The second-order valence-electron chi connectivity index (χ2n) is 7.72.